The Bertz CT molecular complexity index is 1690. The monoisotopic (exact) mass is 577 g/mol. The Labute approximate surface area is 243 Å². The number of fused-ring (bicyclic) bond motifs is 1. The van der Waals surface area contributed by atoms with E-state index in [0.717, 1.165) is 28.0 Å². The van der Waals surface area contributed by atoms with E-state index in [0.29, 0.717) is 47.8 Å². The number of aromatic nitrogens is 3. The van der Waals surface area contributed by atoms with E-state index in [1.165, 1.54) is 13.2 Å². The van der Waals surface area contributed by atoms with Gasteiger partial charge in [0.2, 0.25) is 0 Å². The molecular formula is C31H33ClFN5O3. The topological polar surface area (TPSA) is 80.6 Å². The molecule has 0 aliphatic carbocycles. The van der Waals surface area contributed by atoms with Crippen molar-refractivity contribution in [1.82, 2.24) is 19.4 Å². The lowest BCUT2D eigenvalue weighted by Gasteiger charge is -2.47. The standard InChI is InChI=1S/C31H33ClFN5O3/c1-17-14-25(34-18(2)26(17)30(40)41-7)37-12-13-38(31(4,5)16-37)29(39)24-11-9-21-27(19(3)36(6)28(21)35-24)20-8-10-22(32)23(33)15-20/h8-11,14-15H,12-13,16H2,1-7H3. The number of carbonyl (C=O) groups excluding carboxylic acids is 2. The zero-order valence-corrected chi connectivity index (χ0v) is 25.1. The zero-order valence-electron chi connectivity index (χ0n) is 24.3. The summed E-state index contributed by atoms with van der Waals surface area (Å²) >= 11 is 5.91. The molecule has 0 saturated carbocycles. The van der Waals surface area contributed by atoms with Crippen molar-refractivity contribution in [1.29, 1.82) is 0 Å². The van der Waals surface area contributed by atoms with Gasteiger partial charge in [-0.2, -0.15) is 0 Å². The molecule has 10 heteroatoms. The van der Waals surface area contributed by atoms with E-state index in [-0.39, 0.29) is 10.9 Å². The normalized spacial score (nSPS) is 15.0. The number of amides is 1. The molecule has 4 heterocycles. The van der Waals surface area contributed by atoms with Gasteiger partial charge in [-0.3, -0.25) is 4.79 Å². The molecule has 3 aromatic heterocycles. The largest absolute Gasteiger partial charge is 0.465 e. The molecule has 214 valence electrons. The van der Waals surface area contributed by atoms with Crippen LogP contribution in [0.2, 0.25) is 5.02 Å². The predicted molar refractivity (Wildman–Crippen MR) is 158 cm³/mol. The molecule has 1 fully saturated rings. The number of benzene rings is 1. The van der Waals surface area contributed by atoms with Gasteiger partial charge < -0.3 is 19.1 Å². The van der Waals surface area contributed by atoms with Crippen LogP contribution in [0.4, 0.5) is 10.2 Å². The van der Waals surface area contributed by atoms with Crippen molar-refractivity contribution in [2.75, 3.05) is 31.6 Å². The number of carbonyl (C=O) groups is 2. The number of anilines is 1. The quantitative estimate of drug-likeness (QED) is 0.282. The number of ether oxygens (including phenoxy) is 1. The van der Waals surface area contributed by atoms with Gasteiger partial charge in [0.1, 0.15) is 23.0 Å². The third-order valence-corrected chi connectivity index (χ3v) is 8.31. The van der Waals surface area contributed by atoms with Gasteiger partial charge in [-0.1, -0.05) is 17.7 Å². The Morgan fingerprint density at radius 1 is 1.05 bits per heavy atom. The second-order valence-electron chi connectivity index (χ2n) is 11.2. The van der Waals surface area contributed by atoms with Gasteiger partial charge >= 0.3 is 5.97 Å². The van der Waals surface area contributed by atoms with Gasteiger partial charge in [0.05, 0.1) is 28.9 Å². The van der Waals surface area contributed by atoms with Gasteiger partial charge in [-0.25, -0.2) is 19.2 Å². The van der Waals surface area contributed by atoms with E-state index in [4.69, 9.17) is 21.3 Å². The first-order valence-corrected chi connectivity index (χ1v) is 13.8. The van der Waals surface area contributed by atoms with Crippen LogP contribution in [0.5, 0.6) is 0 Å². The Hall–Kier alpha value is -3.98. The molecule has 8 nitrogen and oxygen atoms in total. The predicted octanol–water partition coefficient (Wildman–Crippen LogP) is 5.88. The number of piperazine rings is 1. The maximum absolute atomic E-state index is 14.3. The number of halogens is 2. The molecule has 0 atom stereocenters. The minimum atomic E-state index is -0.521. The van der Waals surface area contributed by atoms with Crippen LogP contribution >= 0.6 is 11.6 Å². The van der Waals surface area contributed by atoms with Crippen molar-refractivity contribution in [2.24, 2.45) is 7.05 Å². The lowest BCUT2D eigenvalue weighted by atomic mass is 9.97. The molecule has 1 aliphatic rings. The highest BCUT2D eigenvalue weighted by molar-refractivity contribution is 6.30. The highest BCUT2D eigenvalue weighted by atomic mass is 35.5. The molecule has 0 radical (unpaired) electrons. The van der Waals surface area contributed by atoms with Gasteiger partial charge in [0.25, 0.3) is 5.91 Å². The Kier molecular flexibility index (Phi) is 7.27. The fraction of sp³-hybridized carbons (Fsp3) is 0.355. The smallest absolute Gasteiger partial charge is 0.339 e. The van der Waals surface area contributed by atoms with E-state index < -0.39 is 17.3 Å². The second kappa shape index (κ2) is 10.4. The summed E-state index contributed by atoms with van der Waals surface area (Å²) in [5, 5.41) is 0.902. The molecule has 1 saturated heterocycles. The Balaban J connectivity index is 1.42. The van der Waals surface area contributed by atoms with Crippen molar-refractivity contribution in [3.05, 3.63) is 75.4 Å². The minimum Gasteiger partial charge on any atom is -0.465 e. The highest BCUT2D eigenvalue weighted by Crippen LogP contribution is 2.35. The number of nitrogens with zero attached hydrogens (tertiary/aromatic N) is 5. The van der Waals surface area contributed by atoms with Crippen LogP contribution in [0.15, 0.2) is 36.4 Å². The van der Waals surface area contributed by atoms with Crippen LogP contribution in [-0.4, -0.2) is 63.6 Å². The van der Waals surface area contributed by atoms with Gasteiger partial charge in [0, 0.05) is 43.3 Å². The molecule has 0 bridgehead atoms. The molecule has 0 spiro atoms. The summed E-state index contributed by atoms with van der Waals surface area (Å²) in [4.78, 5) is 39.5. The first-order chi connectivity index (χ1) is 19.3. The summed E-state index contributed by atoms with van der Waals surface area (Å²) in [6, 6.07) is 10.3. The summed E-state index contributed by atoms with van der Waals surface area (Å²) in [5.74, 6) is -0.282. The average Bonchev–Trinajstić information content (AvgIpc) is 3.17. The summed E-state index contributed by atoms with van der Waals surface area (Å²) in [7, 11) is 3.25. The van der Waals surface area contributed by atoms with Crippen LogP contribution in [0.25, 0.3) is 22.2 Å². The van der Waals surface area contributed by atoms with E-state index >= 15 is 0 Å². The minimum absolute atomic E-state index is 0.0691. The van der Waals surface area contributed by atoms with Gasteiger partial charge in [-0.15, -0.1) is 0 Å². The summed E-state index contributed by atoms with van der Waals surface area (Å²) in [5.41, 5.74) is 4.83. The van der Waals surface area contributed by atoms with Crippen molar-refractivity contribution in [2.45, 2.75) is 40.2 Å². The molecular weight excluding hydrogens is 545 g/mol. The van der Waals surface area contributed by atoms with Crippen LogP contribution < -0.4 is 4.90 Å². The maximum Gasteiger partial charge on any atom is 0.339 e. The zero-order chi connectivity index (χ0) is 29.8. The lowest BCUT2D eigenvalue weighted by molar-refractivity contribution is 0.0506. The maximum atomic E-state index is 14.3. The van der Waals surface area contributed by atoms with Gasteiger partial charge in [-0.05, 0) is 76.1 Å². The third-order valence-electron chi connectivity index (χ3n) is 8.00. The fourth-order valence-corrected chi connectivity index (χ4v) is 5.92. The fourth-order valence-electron chi connectivity index (χ4n) is 5.80. The van der Waals surface area contributed by atoms with Crippen molar-refractivity contribution < 1.29 is 18.7 Å². The number of pyridine rings is 2. The molecule has 4 aromatic rings. The van der Waals surface area contributed by atoms with E-state index in [2.05, 4.69) is 9.88 Å². The molecule has 0 N–H and O–H groups in total. The van der Waals surface area contributed by atoms with Crippen LogP contribution in [0.3, 0.4) is 0 Å². The van der Waals surface area contributed by atoms with E-state index in [1.54, 1.807) is 25.1 Å². The molecule has 1 aromatic carbocycles. The second-order valence-corrected chi connectivity index (χ2v) is 11.6. The van der Waals surface area contributed by atoms with Crippen LogP contribution in [0, 0.1) is 26.6 Å². The third kappa shape index (κ3) is 4.92. The van der Waals surface area contributed by atoms with E-state index in [9.17, 15) is 14.0 Å². The molecule has 41 heavy (non-hydrogen) atoms. The average molecular weight is 578 g/mol. The van der Waals surface area contributed by atoms with Crippen LogP contribution in [0.1, 0.15) is 51.6 Å². The highest BCUT2D eigenvalue weighted by Gasteiger charge is 2.38. The summed E-state index contributed by atoms with van der Waals surface area (Å²) < 4.78 is 21.1. The molecule has 5 rings (SSSR count). The first-order valence-electron chi connectivity index (χ1n) is 13.4. The lowest BCUT2D eigenvalue weighted by Crippen LogP contribution is -2.61. The number of rotatable bonds is 4. The molecule has 0 unspecified atom stereocenters. The Morgan fingerprint density at radius 3 is 2.41 bits per heavy atom. The first kappa shape index (κ1) is 28.5. The number of hydrogen-bond donors (Lipinski definition) is 0. The van der Waals surface area contributed by atoms with E-state index in [1.807, 2.05) is 56.3 Å². The number of hydrogen-bond acceptors (Lipinski definition) is 6. The Morgan fingerprint density at radius 2 is 1.78 bits per heavy atom. The molecule has 1 aliphatic heterocycles. The number of methoxy groups -OCH3 is 1. The number of aryl methyl sites for hydroxylation is 3. The SMILES string of the molecule is COC(=O)c1c(C)cc(N2CCN(C(=O)c3ccc4c(-c5ccc(Cl)c(F)c5)c(C)n(C)c4n3)C(C)(C)C2)nc1C. The van der Waals surface area contributed by atoms with Crippen molar-refractivity contribution >= 4 is 40.3 Å². The number of esters is 1. The van der Waals surface area contributed by atoms with Crippen molar-refractivity contribution in [3.63, 3.8) is 0 Å². The summed E-state index contributed by atoms with van der Waals surface area (Å²) in [6.07, 6.45) is 0. The van der Waals surface area contributed by atoms with Crippen molar-refractivity contribution in [3.8, 4) is 11.1 Å². The molecule has 1 amide bonds. The van der Waals surface area contributed by atoms with Gasteiger partial charge in [0.15, 0.2) is 0 Å². The summed E-state index contributed by atoms with van der Waals surface area (Å²) in [6.45, 7) is 11.3. The van der Waals surface area contributed by atoms with Crippen LogP contribution in [-0.2, 0) is 11.8 Å².